The molecule has 1 amide bonds. The topological polar surface area (TPSA) is 69.7 Å². The fourth-order valence-electron chi connectivity index (χ4n) is 4.03. The van der Waals surface area contributed by atoms with E-state index < -0.39 is 10.0 Å². The molecule has 3 aromatic rings. The number of carbonyl (C=O) groups is 1. The Morgan fingerprint density at radius 2 is 1.68 bits per heavy atom. The quantitative estimate of drug-likeness (QED) is 0.644. The van der Waals surface area contributed by atoms with Gasteiger partial charge < -0.3 is 9.80 Å². The van der Waals surface area contributed by atoms with Gasteiger partial charge in [-0.2, -0.15) is 0 Å². The van der Waals surface area contributed by atoms with Crippen LogP contribution in [0.5, 0.6) is 0 Å². The molecule has 0 spiro atoms. The molecular weight excluding hydrogens is 410 g/mol. The SMILES string of the molecule is CN1CCN(C(=O)CCNS(=O)(=O)c2ccc3ccccc3c2)[C@H](c2ccccc2)C1. The summed E-state index contributed by atoms with van der Waals surface area (Å²) in [6.45, 7) is 2.27. The summed E-state index contributed by atoms with van der Waals surface area (Å²) in [6.07, 6.45) is 0.125. The minimum Gasteiger partial charge on any atom is -0.333 e. The van der Waals surface area contributed by atoms with E-state index in [0.717, 1.165) is 29.4 Å². The lowest BCUT2D eigenvalue weighted by Gasteiger charge is -2.40. The summed E-state index contributed by atoms with van der Waals surface area (Å²) in [5, 5.41) is 1.85. The van der Waals surface area contributed by atoms with Crippen LogP contribution in [0.4, 0.5) is 0 Å². The van der Waals surface area contributed by atoms with Gasteiger partial charge in [-0.15, -0.1) is 0 Å². The highest BCUT2D eigenvalue weighted by atomic mass is 32.2. The van der Waals surface area contributed by atoms with Gasteiger partial charge in [0.15, 0.2) is 0 Å². The highest BCUT2D eigenvalue weighted by molar-refractivity contribution is 7.89. The van der Waals surface area contributed by atoms with E-state index in [4.69, 9.17) is 0 Å². The molecule has 1 heterocycles. The molecule has 31 heavy (non-hydrogen) atoms. The lowest BCUT2D eigenvalue weighted by molar-refractivity contribution is -0.136. The van der Waals surface area contributed by atoms with Crippen molar-refractivity contribution in [2.24, 2.45) is 0 Å². The molecule has 0 bridgehead atoms. The van der Waals surface area contributed by atoms with Gasteiger partial charge in [-0.25, -0.2) is 13.1 Å². The second-order valence-corrected chi connectivity index (χ2v) is 9.70. The van der Waals surface area contributed by atoms with Crippen molar-refractivity contribution in [3.63, 3.8) is 0 Å². The second-order valence-electron chi connectivity index (χ2n) is 7.93. The molecule has 0 unspecified atom stereocenters. The zero-order valence-corrected chi connectivity index (χ0v) is 18.4. The van der Waals surface area contributed by atoms with Crippen LogP contribution < -0.4 is 4.72 Å². The predicted octanol–water partition coefficient (Wildman–Crippen LogP) is 3.02. The monoisotopic (exact) mass is 437 g/mol. The van der Waals surface area contributed by atoms with Crippen LogP contribution >= 0.6 is 0 Å². The third-order valence-electron chi connectivity index (χ3n) is 5.75. The van der Waals surface area contributed by atoms with Crippen molar-refractivity contribution in [2.45, 2.75) is 17.4 Å². The molecule has 3 aromatic carbocycles. The maximum atomic E-state index is 13.0. The summed E-state index contributed by atoms with van der Waals surface area (Å²) < 4.78 is 28.0. The van der Waals surface area contributed by atoms with Crippen LogP contribution in [0, 0.1) is 0 Å². The number of nitrogens with one attached hydrogen (secondary N) is 1. The van der Waals surface area contributed by atoms with E-state index in [9.17, 15) is 13.2 Å². The standard InChI is InChI=1S/C24H27N3O3S/c1-26-15-16-27(23(18-26)20-8-3-2-4-9-20)24(28)13-14-25-31(29,30)22-12-11-19-7-5-6-10-21(19)17-22/h2-12,17,23,25H,13-16,18H2,1H3/t23-/m0/s1. The van der Waals surface area contributed by atoms with Crippen LogP contribution in [-0.4, -0.2) is 57.4 Å². The zero-order chi connectivity index (χ0) is 21.8. The van der Waals surface area contributed by atoms with Crippen LogP contribution in [-0.2, 0) is 14.8 Å². The first-order valence-corrected chi connectivity index (χ1v) is 11.9. The number of piperazine rings is 1. The molecule has 0 saturated carbocycles. The van der Waals surface area contributed by atoms with Gasteiger partial charge in [0.05, 0.1) is 10.9 Å². The van der Waals surface area contributed by atoms with Gasteiger partial charge in [-0.1, -0.05) is 60.7 Å². The van der Waals surface area contributed by atoms with Gasteiger partial charge >= 0.3 is 0 Å². The molecule has 162 valence electrons. The van der Waals surface area contributed by atoms with E-state index in [-0.39, 0.29) is 29.8 Å². The van der Waals surface area contributed by atoms with Crippen LogP contribution in [0.15, 0.2) is 77.7 Å². The van der Waals surface area contributed by atoms with E-state index in [1.807, 2.05) is 59.5 Å². The molecule has 1 aliphatic heterocycles. The summed E-state index contributed by atoms with van der Waals surface area (Å²) >= 11 is 0. The highest BCUT2D eigenvalue weighted by Gasteiger charge is 2.30. The van der Waals surface area contributed by atoms with E-state index in [0.29, 0.717) is 6.54 Å². The van der Waals surface area contributed by atoms with E-state index in [1.165, 1.54) is 0 Å². The zero-order valence-electron chi connectivity index (χ0n) is 17.6. The van der Waals surface area contributed by atoms with Gasteiger partial charge in [0, 0.05) is 32.6 Å². The molecule has 1 saturated heterocycles. The van der Waals surface area contributed by atoms with Crippen LogP contribution in [0.25, 0.3) is 10.8 Å². The van der Waals surface area contributed by atoms with Gasteiger partial charge in [-0.05, 0) is 35.5 Å². The average molecular weight is 438 g/mol. The largest absolute Gasteiger partial charge is 0.333 e. The van der Waals surface area contributed by atoms with Crippen molar-refractivity contribution in [1.82, 2.24) is 14.5 Å². The first-order valence-electron chi connectivity index (χ1n) is 10.5. The second kappa shape index (κ2) is 9.18. The van der Waals surface area contributed by atoms with Crippen LogP contribution in [0.3, 0.4) is 0 Å². The molecule has 0 radical (unpaired) electrons. The molecular formula is C24H27N3O3S. The Balaban J connectivity index is 1.41. The summed E-state index contributed by atoms with van der Waals surface area (Å²) in [4.78, 5) is 17.3. The number of rotatable bonds is 6. The summed E-state index contributed by atoms with van der Waals surface area (Å²) in [5.41, 5.74) is 1.10. The van der Waals surface area contributed by atoms with Crippen LogP contribution in [0.2, 0.25) is 0 Å². The Kier molecular flexibility index (Phi) is 6.36. The van der Waals surface area contributed by atoms with Crippen molar-refractivity contribution in [2.75, 3.05) is 33.2 Å². The van der Waals surface area contributed by atoms with Crippen molar-refractivity contribution >= 4 is 26.7 Å². The minimum atomic E-state index is -3.68. The molecule has 0 aliphatic carbocycles. The Hall–Kier alpha value is -2.74. The van der Waals surface area contributed by atoms with Gasteiger partial charge in [0.1, 0.15) is 0 Å². The van der Waals surface area contributed by atoms with Gasteiger partial charge in [0.25, 0.3) is 0 Å². The number of carbonyl (C=O) groups excluding carboxylic acids is 1. The lowest BCUT2D eigenvalue weighted by atomic mass is 10.0. The van der Waals surface area contributed by atoms with Crippen molar-refractivity contribution in [3.05, 3.63) is 78.4 Å². The number of amides is 1. The fourth-order valence-corrected chi connectivity index (χ4v) is 5.10. The number of benzene rings is 3. The summed E-state index contributed by atoms with van der Waals surface area (Å²) in [5.74, 6) is -0.0387. The smallest absolute Gasteiger partial charge is 0.240 e. The first kappa shape index (κ1) is 21.5. The average Bonchev–Trinajstić information content (AvgIpc) is 2.79. The number of sulfonamides is 1. The molecule has 0 aromatic heterocycles. The summed E-state index contributed by atoms with van der Waals surface area (Å²) in [6, 6.07) is 22.6. The Morgan fingerprint density at radius 1 is 0.968 bits per heavy atom. The number of likely N-dealkylation sites (N-methyl/N-ethyl adjacent to an activating group) is 1. The molecule has 1 atom stereocenters. The Bertz CT molecular complexity index is 1160. The number of hydrogen-bond acceptors (Lipinski definition) is 4. The Labute approximate surface area is 183 Å². The van der Waals surface area contributed by atoms with Crippen molar-refractivity contribution < 1.29 is 13.2 Å². The van der Waals surface area contributed by atoms with Gasteiger partial charge in [-0.3, -0.25) is 4.79 Å². The number of nitrogens with zero attached hydrogens (tertiary/aromatic N) is 2. The molecule has 4 rings (SSSR count). The van der Waals surface area contributed by atoms with E-state index in [1.54, 1.807) is 18.2 Å². The molecule has 6 nitrogen and oxygen atoms in total. The van der Waals surface area contributed by atoms with Crippen molar-refractivity contribution in [3.8, 4) is 0 Å². The molecule has 1 N–H and O–H groups in total. The number of fused-ring (bicyclic) bond motifs is 1. The highest BCUT2D eigenvalue weighted by Crippen LogP contribution is 2.25. The maximum Gasteiger partial charge on any atom is 0.240 e. The van der Waals surface area contributed by atoms with E-state index in [2.05, 4.69) is 16.7 Å². The summed E-state index contributed by atoms with van der Waals surface area (Å²) in [7, 11) is -1.63. The van der Waals surface area contributed by atoms with Crippen LogP contribution in [0.1, 0.15) is 18.0 Å². The minimum absolute atomic E-state index is 0.0236. The first-order chi connectivity index (χ1) is 14.9. The number of hydrogen-bond donors (Lipinski definition) is 1. The lowest BCUT2D eigenvalue weighted by Crippen LogP contribution is -2.49. The van der Waals surface area contributed by atoms with E-state index >= 15 is 0 Å². The van der Waals surface area contributed by atoms with Crippen molar-refractivity contribution in [1.29, 1.82) is 0 Å². The van der Waals surface area contributed by atoms with Gasteiger partial charge in [0.2, 0.25) is 15.9 Å². The molecule has 7 heteroatoms. The normalized spacial score (nSPS) is 17.7. The third-order valence-corrected chi connectivity index (χ3v) is 7.21. The Morgan fingerprint density at radius 3 is 2.45 bits per heavy atom. The maximum absolute atomic E-state index is 13.0. The predicted molar refractivity (Wildman–Crippen MR) is 122 cm³/mol. The molecule has 1 aliphatic rings. The fraction of sp³-hybridized carbons (Fsp3) is 0.292. The third kappa shape index (κ3) is 4.95. The molecule has 1 fully saturated rings.